The first kappa shape index (κ1) is 16.2. The van der Waals surface area contributed by atoms with E-state index in [9.17, 15) is 9.90 Å². The van der Waals surface area contributed by atoms with Crippen LogP contribution in [0.15, 0.2) is 0 Å². The van der Waals surface area contributed by atoms with Gasteiger partial charge >= 0.3 is 6.09 Å². The van der Waals surface area contributed by atoms with Crippen LogP contribution in [0.3, 0.4) is 0 Å². The molecule has 0 aliphatic heterocycles. The van der Waals surface area contributed by atoms with Crippen LogP contribution < -0.4 is 10.6 Å². The molecule has 0 aromatic carbocycles. The quantitative estimate of drug-likeness (QED) is 0.730. The van der Waals surface area contributed by atoms with Crippen molar-refractivity contribution < 1.29 is 14.6 Å². The van der Waals surface area contributed by atoms with E-state index in [1.807, 2.05) is 20.8 Å². The van der Waals surface area contributed by atoms with Gasteiger partial charge < -0.3 is 20.5 Å². The summed E-state index contributed by atoms with van der Waals surface area (Å²) in [6.07, 6.45) is 3.77. The second-order valence-corrected chi connectivity index (χ2v) is 6.42. The normalized spacial score (nSPS) is 20.7. The standard InChI is InChI=1S/C14H28N2O3/c1-13(2,3)19-12(18)16-14(11(17)10-15-4)8-6-5-7-9-14/h11,15,17H,5-10H2,1-4H3,(H,16,18). The summed E-state index contributed by atoms with van der Waals surface area (Å²) >= 11 is 0. The number of carbonyl (C=O) groups excluding carboxylic acids is 1. The molecule has 1 aliphatic carbocycles. The lowest BCUT2D eigenvalue weighted by Crippen LogP contribution is -2.60. The Balaban J connectivity index is 2.71. The SMILES string of the molecule is CNCC(O)C1(NC(=O)OC(C)(C)C)CCCCC1. The largest absolute Gasteiger partial charge is 0.444 e. The molecule has 3 N–H and O–H groups in total. The van der Waals surface area contributed by atoms with E-state index in [1.54, 1.807) is 7.05 Å². The minimum absolute atomic E-state index is 0.440. The van der Waals surface area contributed by atoms with Crippen LogP contribution in [0.25, 0.3) is 0 Å². The average Bonchev–Trinajstić information content (AvgIpc) is 2.27. The van der Waals surface area contributed by atoms with Gasteiger partial charge in [0.25, 0.3) is 0 Å². The van der Waals surface area contributed by atoms with E-state index in [0.29, 0.717) is 6.54 Å². The molecule has 112 valence electrons. The van der Waals surface area contributed by atoms with Gasteiger partial charge in [-0.1, -0.05) is 19.3 Å². The van der Waals surface area contributed by atoms with Crippen molar-refractivity contribution >= 4 is 6.09 Å². The molecule has 0 saturated heterocycles. The number of nitrogens with one attached hydrogen (secondary N) is 2. The summed E-state index contributed by atoms with van der Waals surface area (Å²) in [6, 6.07) is 0. The molecule has 1 atom stereocenters. The van der Waals surface area contributed by atoms with Gasteiger partial charge in [-0.05, 0) is 40.7 Å². The summed E-state index contributed by atoms with van der Waals surface area (Å²) in [5.41, 5.74) is -1.07. The van der Waals surface area contributed by atoms with Crippen LogP contribution in [-0.2, 0) is 4.74 Å². The van der Waals surface area contributed by atoms with Crippen LogP contribution >= 0.6 is 0 Å². The number of alkyl carbamates (subject to hydrolysis) is 1. The molecule has 1 amide bonds. The number of carbonyl (C=O) groups is 1. The van der Waals surface area contributed by atoms with E-state index in [-0.39, 0.29) is 0 Å². The van der Waals surface area contributed by atoms with Gasteiger partial charge in [0.05, 0.1) is 11.6 Å². The summed E-state index contributed by atoms with van der Waals surface area (Å²) in [6.45, 7) is 5.98. The number of hydrogen-bond donors (Lipinski definition) is 3. The monoisotopic (exact) mass is 272 g/mol. The van der Waals surface area contributed by atoms with E-state index in [1.165, 1.54) is 0 Å². The molecule has 1 saturated carbocycles. The van der Waals surface area contributed by atoms with E-state index in [4.69, 9.17) is 4.74 Å². The summed E-state index contributed by atoms with van der Waals surface area (Å²) in [5.74, 6) is 0. The van der Waals surface area contributed by atoms with Gasteiger partial charge in [-0.3, -0.25) is 0 Å². The number of likely N-dealkylation sites (N-methyl/N-ethyl adjacent to an activating group) is 1. The number of rotatable bonds is 4. The van der Waals surface area contributed by atoms with Crippen LogP contribution in [0.4, 0.5) is 4.79 Å². The van der Waals surface area contributed by atoms with Crippen LogP contribution in [0.1, 0.15) is 52.9 Å². The zero-order valence-corrected chi connectivity index (χ0v) is 12.6. The second kappa shape index (κ2) is 6.57. The fourth-order valence-corrected chi connectivity index (χ4v) is 2.62. The third-order valence-corrected chi connectivity index (χ3v) is 3.53. The number of amides is 1. The van der Waals surface area contributed by atoms with Gasteiger partial charge in [0, 0.05) is 6.54 Å². The lowest BCUT2D eigenvalue weighted by Gasteiger charge is -2.42. The lowest BCUT2D eigenvalue weighted by molar-refractivity contribution is 0.00882. The van der Waals surface area contributed by atoms with Crippen LogP contribution in [0, 0.1) is 0 Å². The summed E-state index contributed by atoms with van der Waals surface area (Å²) in [5, 5.41) is 16.2. The molecule has 0 spiro atoms. The Morgan fingerprint density at radius 2 is 1.89 bits per heavy atom. The minimum atomic E-state index is -0.592. The Morgan fingerprint density at radius 3 is 2.37 bits per heavy atom. The fourth-order valence-electron chi connectivity index (χ4n) is 2.62. The first-order valence-electron chi connectivity index (χ1n) is 7.13. The maximum atomic E-state index is 12.0. The molecule has 0 radical (unpaired) electrons. The van der Waals surface area contributed by atoms with E-state index in [2.05, 4.69) is 10.6 Å². The molecule has 5 heteroatoms. The molecule has 5 nitrogen and oxygen atoms in total. The van der Waals surface area contributed by atoms with Crippen LogP contribution in [0.5, 0.6) is 0 Å². The zero-order chi connectivity index (χ0) is 14.5. The van der Waals surface area contributed by atoms with Gasteiger partial charge in [0.1, 0.15) is 5.60 Å². The Labute approximate surface area is 116 Å². The van der Waals surface area contributed by atoms with Crippen molar-refractivity contribution in [2.45, 2.75) is 70.1 Å². The third-order valence-electron chi connectivity index (χ3n) is 3.53. The van der Waals surface area contributed by atoms with Gasteiger partial charge in [-0.15, -0.1) is 0 Å². The average molecular weight is 272 g/mol. The van der Waals surface area contributed by atoms with E-state index in [0.717, 1.165) is 32.1 Å². The molecular weight excluding hydrogens is 244 g/mol. The van der Waals surface area contributed by atoms with Crippen molar-refractivity contribution in [1.82, 2.24) is 10.6 Å². The molecule has 0 bridgehead atoms. The Hall–Kier alpha value is -0.810. The van der Waals surface area contributed by atoms with Crippen molar-refractivity contribution in [2.75, 3.05) is 13.6 Å². The lowest BCUT2D eigenvalue weighted by atomic mass is 9.77. The highest BCUT2D eigenvalue weighted by atomic mass is 16.6. The highest BCUT2D eigenvalue weighted by molar-refractivity contribution is 5.69. The van der Waals surface area contributed by atoms with E-state index >= 15 is 0 Å². The van der Waals surface area contributed by atoms with Gasteiger partial charge in [-0.25, -0.2) is 4.79 Å². The van der Waals surface area contributed by atoms with Crippen molar-refractivity contribution in [1.29, 1.82) is 0 Å². The fraction of sp³-hybridized carbons (Fsp3) is 0.929. The van der Waals surface area contributed by atoms with Crippen molar-refractivity contribution in [3.05, 3.63) is 0 Å². The summed E-state index contributed by atoms with van der Waals surface area (Å²) in [7, 11) is 1.80. The molecule has 0 aromatic rings. The molecular formula is C14H28N2O3. The number of aliphatic hydroxyl groups is 1. The van der Waals surface area contributed by atoms with Crippen molar-refractivity contribution in [3.8, 4) is 0 Å². The highest BCUT2D eigenvalue weighted by Crippen LogP contribution is 2.31. The Morgan fingerprint density at radius 1 is 1.32 bits per heavy atom. The smallest absolute Gasteiger partial charge is 0.408 e. The van der Waals surface area contributed by atoms with Crippen molar-refractivity contribution in [2.24, 2.45) is 0 Å². The van der Waals surface area contributed by atoms with E-state index < -0.39 is 23.3 Å². The zero-order valence-electron chi connectivity index (χ0n) is 12.6. The predicted molar refractivity (Wildman–Crippen MR) is 75.1 cm³/mol. The number of hydrogen-bond acceptors (Lipinski definition) is 4. The maximum Gasteiger partial charge on any atom is 0.408 e. The molecule has 1 fully saturated rings. The minimum Gasteiger partial charge on any atom is -0.444 e. The molecule has 0 aromatic heterocycles. The van der Waals surface area contributed by atoms with Gasteiger partial charge in [0.2, 0.25) is 0 Å². The number of aliphatic hydroxyl groups excluding tert-OH is 1. The molecule has 1 rings (SSSR count). The summed E-state index contributed by atoms with van der Waals surface area (Å²) in [4.78, 5) is 12.0. The molecule has 0 heterocycles. The first-order chi connectivity index (χ1) is 8.79. The van der Waals surface area contributed by atoms with Crippen molar-refractivity contribution in [3.63, 3.8) is 0 Å². The van der Waals surface area contributed by atoms with Gasteiger partial charge in [0.15, 0.2) is 0 Å². The van der Waals surface area contributed by atoms with Crippen LogP contribution in [0.2, 0.25) is 0 Å². The third kappa shape index (κ3) is 4.99. The molecule has 1 unspecified atom stereocenters. The van der Waals surface area contributed by atoms with Gasteiger partial charge in [-0.2, -0.15) is 0 Å². The van der Waals surface area contributed by atoms with Crippen LogP contribution in [-0.4, -0.2) is 42.0 Å². The molecule has 19 heavy (non-hydrogen) atoms. The topological polar surface area (TPSA) is 70.6 Å². The highest BCUT2D eigenvalue weighted by Gasteiger charge is 2.40. The summed E-state index contributed by atoms with van der Waals surface area (Å²) < 4.78 is 5.31. The first-order valence-corrected chi connectivity index (χ1v) is 7.13. The number of ether oxygens (including phenoxy) is 1. The Bertz CT molecular complexity index is 294. The molecule has 1 aliphatic rings. The predicted octanol–water partition coefficient (Wildman–Crippen LogP) is 1.79. The maximum absolute atomic E-state index is 12.0. The second-order valence-electron chi connectivity index (χ2n) is 6.42. The Kier molecular flexibility index (Phi) is 5.62.